The van der Waals surface area contributed by atoms with E-state index in [0.29, 0.717) is 0 Å². The number of rotatable bonds is 8. The first-order chi connectivity index (χ1) is 8.26. The quantitative estimate of drug-likeness (QED) is 0.537. The van der Waals surface area contributed by atoms with Crippen LogP contribution in [0.1, 0.15) is 38.5 Å². The normalized spacial score (nSPS) is 18.5. The van der Waals surface area contributed by atoms with E-state index in [4.69, 9.17) is 13.3 Å². The average molecular weight is 261 g/mol. The van der Waals surface area contributed by atoms with Gasteiger partial charge in [-0.2, -0.15) is 0 Å². The molecule has 0 unspecified atom stereocenters. The van der Waals surface area contributed by atoms with Crippen LogP contribution in [0.3, 0.4) is 0 Å². The minimum Gasteiger partial charge on any atom is -0.377 e. The van der Waals surface area contributed by atoms with E-state index in [1.807, 2.05) is 0 Å². The smallest absolute Gasteiger partial charge is 0.377 e. The Balaban J connectivity index is 2.13. The Hall–Kier alpha value is 0.0569. The Morgan fingerprint density at radius 3 is 2.12 bits per heavy atom. The predicted molar refractivity (Wildman–Crippen MR) is 71.1 cm³/mol. The molecule has 1 saturated carbocycles. The molecule has 4 nitrogen and oxygen atoms in total. The lowest BCUT2D eigenvalue weighted by Gasteiger charge is -2.26. The number of hydrogen-bond acceptors (Lipinski definition) is 4. The fourth-order valence-corrected chi connectivity index (χ4v) is 4.20. The second kappa shape index (κ2) is 8.21. The van der Waals surface area contributed by atoms with Crippen LogP contribution in [0.4, 0.5) is 0 Å². The van der Waals surface area contributed by atoms with Gasteiger partial charge in [0.15, 0.2) is 0 Å². The molecule has 0 spiro atoms. The van der Waals surface area contributed by atoms with Crippen LogP contribution in [-0.4, -0.2) is 42.7 Å². The first-order valence-corrected chi connectivity index (χ1v) is 8.58. The minimum atomic E-state index is -2.34. The number of hydrogen-bond donors (Lipinski definition) is 1. The van der Waals surface area contributed by atoms with Crippen molar-refractivity contribution in [2.45, 2.75) is 50.6 Å². The zero-order valence-corrected chi connectivity index (χ0v) is 12.5. The van der Waals surface area contributed by atoms with E-state index in [9.17, 15) is 0 Å². The lowest BCUT2D eigenvalue weighted by atomic mass is 9.95. The Bertz CT molecular complexity index is 186. The molecule has 0 aromatic heterocycles. The van der Waals surface area contributed by atoms with Crippen molar-refractivity contribution in [3.05, 3.63) is 0 Å². The van der Waals surface area contributed by atoms with E-state index in [-0.39, 0.29) is 0 Å². The molecule has 0 saturated heterocycles. The van der Waals surface area contributed by atoms with Gasteiger partial charge >= 0.3 is 8.80 Å². The highest BCUT2D eigenvalue weighted by Crippen LogP contribution is 2.18. The van der Waals surface area contributed by atoms with Crippen LogP contribution in [-0.2, 0) is 13.3 Å². The fraction of sp³-hybridized carbons (Fsp3) is 1.00. The number of nitrogens with one attached hydrogen (secondary N) is 1. The van der Waals surface area contributed by atoms with Crippen molar-refractivity contribution >= 4 is 8.80 Å². The Labute approximate surface area is 106 Å². The maximum atomic E-state index is 5.39. The average Bonchev–Trinajstić information content (AvgIpc) is 2.41. The lowest BCUT2D eigenvalue weighted by molar-refractivity contribution is 0.123. The Morgan fingerprint density at radius 1 is 1.00 bits per heavy atom. The summed E-state index contributed by atoms with van der Waals surface area (Å²) < 4.78 is 16.2. The van der Waals surface area contributed by atoms with Gasteiger partial charge in [-0.1, -0.05) is 19.3 Å². The van der Waals surface area contributed by atoms with Gasteiger partial charge in [-0.25, -0.2) is 0 Å². The molecular weight excluding hydrogens is 234 g/mol. The Kier molecular flexibility index (Phi) is 7.30. The monoisotopic (exact) mass is 261 g/mol. The highest BCUT2D eigenvalue weighted by Gasteiger charge is 2.36. The van der Waals surface area contributed by atoms with E-state index in [1.54, 1.807) is 21.3 Å². The molecule has 1 rings (SSSR count). The van der Waals surface area contributed by atoms with Gasteiger partial charge < -0.3 is 18.6 Å². The fourth-order valence-electron chi connectivity index (χ4n) is 2.47. The SMILES string of the molecule is CO[Si](CCCNC1CCCCC1)(OC)OC. The highest BCUT2D eigenvalue weighted by atomic mass is 28.4. The summed E-state index contributed by atoms with van der Waals surface area (Å²) in [4.78, 5) is 0. The van der Waals surface area contributed by atoms with Gasteiger partial charge in [0.25, 0.3) is 0 Å². The first-order valence-electron chi connectivity index (χ1n) is 6.65. The largest absolute Gasteiger partial charge is 0.500 e. The summed E-state index contributed by atoms with van der Waals surface area (Å²) in [6.45, 7) is 1.04. The van der Waals surface area contributed by atoms with Gasteiger partial charge in [0, 0.05) is 33.4 Å². The summed E-state index contributed by atoms with van der Waals surface area (Å²) in [7, 11) is 2.68. The predicted octanol–water partition coefficient (Wildman–Crippen LogP) is 2.18. The molecule has 0 atom stereocenters. The molecule has 1 N–H and O–H groups in total. The third-order valence-corrected chi connectivity index (χ3v) is 6.46. The third-order valence-electron chi connectivity index (χ3n) is 3.63. The summed E-state index contributed by atoms with van der Waals surface area (Å²) in [5, 5.41) is 3.62. The Morgan fingerprint density at radius 2 is 1.59 bits per heavy atom. The summed E-state index contributed by atoms with van der Waals surface area (Å²) in [6.07, 6.45) is 7.89. The van der Waals surface area contributed by atoms with Gasteiger partial charge in [-0.05, 0) is 25.8 Å². The highest BCUT2D eigenvalue weighted by molar-refractivity contribution is 6.60. The van der Waals surface area contributed by atoms with E-state index in [2.05, 4.69) is 5.32 Å². The topological polar surface area (TPSA) is 39.7 Å². The van der Waals surface area contributed by atoms with Crippen molar-refractivity contribution < 1.29 is 13.3 Å². The van der Waals surface area contributed by atoms with E-state index in [1.165, 1.54) is 32.1 Å². The summed E-state index contributed by atoms with van der Waals surface area (Å²) >= 11 is 0. The third kappa shape index (κ3) is 5.05. The van der Waals surface area contributed by atoms with Crippen LogP contribution in [0.15, 0.2) is 0 Å². The molecule has 0 heterocycles. The van der Waals surface area contributed by atoms with Gasteiger partial charge in [0.2, 0.25) is 0 Å². The van der Waals surface area contributed by atoms with Gasteiger partial charge in [-0.15, -0.1) is 0 Å². The lowest BCUT2D eigenvalue weighted by Crippen LogP contribution is -2.43. The molecule has 17 heavy (non-hydrogen) atoms. The molecule has 0 radical (unpaired) electrons. The van der Waals surface area contributed by atoms with Crippen LogP contribution in [0.5, 0.6) is 0 Å². The van der Waals surface area contributed by atoms with Gasteiger partial charge in [-0.3, -0.25) is 0 Å². The van der Waals surface area contributed by atoms with Crippen molar-refractivity contribution in [1.29, 1.82) is 0 Å². The van der Waals surface area contributed by atoms with Crippen molar-refractivity contribution in [3.8, 4) is 0 Å². The van der Waals surface area contributed by atoms with Crippen LogP contribution in [0.25, 0.3) is 0 Å². The van der Waals surface area contributed by atoms with E-state index in [0.717, 1.165) is 25.1 Å². The zero-order valence-electron chi connectivity index (χ0n) is 11.5. The van der Waals surface area contributed by atoms with Crippen molar-refractivity contribution in [3.63, 3.8) is 0 Å². The van der Waals surface area contributed by atoms with Crippen molar-refractivity contribution in [1.82, 2.24) is 5.32 Å². The first kappa shape index (κ1) is 15.1. The standard InChI is InChI=1S/C12H27NO3Si/c1-14-17(15-2,16-3)11-7-10-13-12-8-5-4-6-9-12/h12-13H,4-11H2,1-3H3. The maximum Gasteiger partial charge on any atom is 0.500 e. The zero-order chi connectivity index (χ0) is 12.6. The van der Waals surface area contributed by atoms with Crippen LogP contribution >= 0.6 is 0 Å². The molecule has 0 aliphatic heterocycles. The molecule has 1 aliphatic rings. The van der Waals surface area contributed by atoms with E-state index < -0.39 is 8.80 Å². The molecular formula is C12H27NO3Si. The van der Waals surface area contributed by atoms with Crippen LogP contribution < -0.4 is 5.32 Å². The maximum absolute atomic E-state index is 5.39. The van der Waals surface area contributed by atoms with Gasteiger partial charge in [0.1, 0.15) is 0 Å². The molecule has 1 fully saturated rings. The molecule has 5 heteroatoms. The molecule has 0 aromatic carbocycles. The molecule has 0 aromatic rings. The molecule has 102 valence electrons. The minimum absolute atomic E-state index is 0.729. The van der Waals surface area contributed by atoms with Crippen LogP contribution in [0, 0.1) is 0 Å². The summed E-state index contributed by atoms with van der Waals surface area (Å²) in [5.74, 6) is 0. The molecule has 0 amide bonds. The second-order valence-corrected chi connectivity index (χ2v) is 7.78. The van der Waals surface area contributed by atoms with Crippen LogP contribution in [0.2, 0.25) is 6.04 Å². The van der Waals surface area contributed by atoms with E-state index >= 15 is 0 Å². The van der Waals surface area contributed by atoms with Crippen molar-refractivity contribution in [2.75, 3.05) is 27.9 Å². The summed E-state index contributed by atoms with van der Waals surface area (Å²) in [5.41, 5.74) is 0. The van der Waals surface area contributed by atoms with Gasteiger partial charge in [0.05, 0.1) is 0 Å². The van der Waals surface area contributed by atoms with Crippen molar-refractivity contribution in [2.24, 2.45) is 0 Å². The summed E-state index contributed by atoms with van der Waals surface area (Å²) in [6, 6.07) is 1.61. The second-order valence-electron chi connectivity index (χ2n) is 4.69. The molecule has 0 bridgehead atoms. The molecule has 1 aliphatic carbocycles.